The van der Waals surface area contributed by atoms with Gasteiger partial charge in [-0.15, -0.1) is 0 Å². The lowest BCUT2D eigenvalue weighted by molar-refractivity contribution is -0.385. The van der Waals surface area contributed by atoms with Crippen LogP contribution in [0.1, 0.15) is 12.0 Å². The number of benzene rings is 1. The van der Waals surface area contributed by atoms with Gasteiger partial charge in [0.25, 0.3) is 5.69 Å². The average Bonchev–Trinajstić information content (AvgIpc) is 2.54. The van der Waals surface area contributed by atoms with Crippen LogP contribution in [0, 0.1) is 10.1 Å². The Hall–Kier alpha value is -2.96. The second-order valence-corrected chi connectivity index (χ2v) is 4.43. The van der Waals surface area contributed by atoms with Crippen molar-refractivity contribution in [2.24, 2.45) is 0 Å². The first-order valence-corrected chi connectivity index (χ1v) is 6.52. The van der Waals surface area contributed by atoms with Crippen LogP contribution in [0.25, 0.3) is 0 Å². The van der Waals surface area contributed by atoms with E-state index in [0.717, 1.165) is 11.8 Å². The van der Waals surface area contributed by atoms with Crippen molar-refractivity contribution in [3.63, 3.8) is 0 Å². The predicted molar refractivity (Wildman–Crippen MR) is 77.7 cm³/mol. The van der Waals surface area contributed by atoms with E-state index < -0.39 is 4.92 Å². The number of nitrogens with zero attached hydrogens (tertiary/aromatic N) is 2. The maximum atomic E-state index is 11.1. The molecule has 0 bridgehead atoms. The second kappa shape index (κ2) is 7.16. The molecule has 0 amide bonds. The second-order valence-electron chi connectivity index (χ2n) is 4.43. The Morgan fingerprint density at radius 1 is 1.23 bits per heavy atom. The molecule has 0 saturated heterocycles. The molecular weight excluding hydrogens is 288 g/mol. The topological polar surface area (TPSA) is 91.6 Å². The van der Waals surface area contributed by atoms with Gasteiger partial charge in [-0.25, -0.2) is 4.98 Å². The number of ether oxygens (including phenoxy) is 2. The Morgan fingerprint density at radius 3 is 2.50 bits per heavy atom. The van der Waals surface area contributed by atoms with Crippen LogP contribution in [0.3, 0.4) is 0 Å². The summed E-state index contributed by atoms with van der Waals surface area (Å²) in [4.78, 5) is 24.9. The van der Waals surface area contributed by atoms with E-state index in [0.29, 0.717) is 18.6 Å². The molecule has 0 aliphatic carbocycles. The molecule has 0 saturated carbocycles. The van der Waals surface area contributed by atoms with Gasteiger partial charge in [0.05, 0.1) is 12.0 Å². The molecule has 22 heavy (non-hydrogen) atoms. The molecule has 114 valence electrons. The third-order valence-corrected chi connectivity index (χ3v) is 2.92. The van der Waals surface area contributed by atoms with Gasteiger partial charge >= 0.3 is 5.97 Å². The SMILES string of the molecule is COC(=O)CCc1ccc(Oc2ccc([N+](=O)[O-])cn2)cc1. The van der Waals surface area contributed by atoms with Crippen LogP contribution in [0.4, 0.5) is 5.69 Å². The zero-order valence-corrected chi connectivity index (χ0v) is 11.9. The summed E-state index contributed by atoms with van der Waals surface area (Å²) >= 11 is 0. The number of hydrogen-bond acceptors (Lipinski definition) is 6. The lowest BCUT2D eigenvalue weighted by atomic mass is 10.1. The van der Waals surface area contributed by atoms with E-state index in [2.05, 4.69) is 9.72 Å². The van der Waals surface area contributed by atoms with Crippen LogP contribution >= 0.6 is 0 Å². The summed E-state index contributed by atoms with van der Waals surface area (Å²) in [6.07, 6.45) is 2.05. The number of nitro groups is 1. The van der Waals surface area contributed by atoms with E-state index in [9.17, 15) is 14.9 Å². The lowest BCUT2D eigenvalue weighted by Gasteiger charge is -2.05. The van der Waals surface area contributed by atoms with E-state index >= 15 is 0 Å². The largest absolute Gasteiger partial charge is 0.469 e. The van der Waals surface area contributed by atoms with Gasteiger partial charge in [-0.3, -0.25) is 14.9 Å². The highest BCUT2D eigenvalue weighted by atomic mass is 16.6. The molecule has 0 radical (unpaired) electrons. The molecule has 0 spiro atoms. The Balaban J connectivity index is 1.96. The zero-order valence-electron chi connectivity index (χ0n) is 11.9. The minimum atomic E-state index is -0.521. The molecule has 0 fully saturated rings. The van der Waals surface area contributed by atoms with Crippen molar-refractivity contribution in [2.75, 3.05) is 7.11 Å². The van der Waals surface area contributed by atoms with Crippen molar-refractivity contribution in [3.8, 4) is 11.6 Å². The summed E-state index contributed by atoms with van der Waals surface area (Å²) in [6.45, 7) is 0. The molecule has 1 heterocycles. The molecule has 2 rings (SSSR count). The standard InChI is InChI=1S/C15H14N2O5/c1-21-15(18)9-4-11-2-6-13(7-3-11)22-14-8-5-12(10-16-14)17(19)20/h2-3,5-8,10H,4,9H2,1H3. The highest BCUT2D eigenvalue weighted by molar-refractivity contribution is 5.69. The Kier molecular flexibility index (Phi) is 5.02. The van der Waals surface area contributed by atoms with E-state index in [1.54, 1.807) is 12.1 Å². The maximum Gasteiger partial charge on any atom is 0.305 e. The molecule has 7 heteroatoms. The number of esters is 1. The highest BCUT2D eigenvalue weighted by Gasteiger charge is 2.07. The fourth-order valence-electron chi connectivity index (χ4n) is 1.73. The minimum Gasteiger partial charge on any atom is -0.469 e. The predicted octanol–water partition coefficient (Wildman–Crippen LogP) is 2.89. The Morgan fingerprint density at radius 2 is 1.95 bits per heavy atom. The first-order chi connectivity index (χ1) is 10.6. The van der Waals surface area contributed by atoms with E-state index in [1.807, 2.05) is 12.1 Å². The first kappa shape index (κ1) is 15.4. The van der Waals surface area contributed by atoms with Crippen LogP contribution in [0.15, 0.2) is 42.6 Å². The minimum absolute atomic E-state index is 0.0921. The molecule has 1 aromatic heterocycles. The summed E-state index contributed by atoms with van der Waals surface area (Å²) in [7, 11) is 1.36. The number of hydrogen-bond donors (Lipinski definition) is 0. The molecule has 0 aliphatic rings. The molecule has 0 unspecified atom stereocenters. The number of methoxy groups -OCH3 is 1. The van der Waals surface area contributed by atoms with Gasteiger partial charge in [-0.2, -0.15) is 0 Å². The van der Waals surface area contributed by atoms with Crippen LogP contribution < -0.4 is 4.74 Å². The van der Waals surface area contributed by atoms with Crippen LogP contribution in [0.5, 0.6) is 11.6 Å². The number of rotatable bonds is 6. The van der Waals surface area contributed by atoms with Crippen molar-refractivity contribution in [1.82, 2.24) is 4.98 Å². The molecule has 1 aromatic carbocycles. The van der Waals surface area contributed by atoms with Crippen molar-refractivity contribution < 1.29 is 19.2 Å². The average molecular weight is 302 g/mol. The fraction of sp³-hybridized carbons (Fsp3) is 0.200. The van der Waals surface area contributed by atoms with Gasteiger partial charge in [0, 0.05) is 18.6 Å². The van der Waals surface area contributed by atoms with Gasteiger partial charge < -0.3 is 9.47 Å². The number of carbonyl (C=O) groups is 1. The van der Waals surface area contributed by atoms with Crippen molar-refractivity contribution >= 4 is 11.7 Å². The smallest absolute Gasteiger partial charge is 0.305 e. The molecule has 0 N–H and O–H groups in total. The molecule has 0 atom stereocenters. The van der Waals surface area contributed by atoms with Gasteiger partial charge in [0.2, 0.25) is 5.88 Å². The maximum absolute atomic E-state index is 11.1. The van der Waals surface area contributed by atoms with E-state index in [1.165, 1.54) is 19.2 Å². The van der Waals surface area contributed by atoms with Crippen LogP contribution in [-0.2, 0) is 16.0 Å². The quantitative estimate of drug-likeness (QED) is 0.463. The molecule has 0 aliphatic heterocycles. The Labute approximate surface area is 126 Å². The third-order valence-electron chi connectivity index (χ3n) is 2.92. The van der Waals surface area contributed by atoms with E-state index in [-0.39, 0.29) is 17.5 Å². The summed E-state index contributed by atoms with van der Waals surface area (Å²) in [5, 5.41) is 10.5. The summed E-state index contributed by atoms with van der Waals surface area (Å²) in [5.41, 5.74) is 0.889. The summed E-state index contributed by atoms with van der Waals surface area (Å²) in [6, 6.07) is 9.93. The molecule has 7 nitrogen and oxygen atoms in total. The summed E-state index contributed by atoms with van der Waals surface area (Å²) in [5.74, 6) is 0.575. The number of aryl methyl sites for hydroxylation is 1. The monoisotopic (exact) mass is 302 g/mol. The summed E-state index contributed by atoms with van der Waals surface area (Å²) < 4.78 is 10.1. The van der Waals surface area contributed by atoms with Crippen LogP contribution in [0.2, 0.25) is 0 Å². The van der Waals surface area contributed by atoms with Crippen molar-refractivity contribution in [2.45, 2.75) is 12.8 Å². The first-order valence-electron chi connectivity index (χ1n) is 6.52. The van der Waals surface area contributed by atoms with Gasteiger partial charge in [-0.05, 0) is 24.1 Å². The number of pyridine rings is 1. The number of aromatic nitrogens is 1. The lowest BCUT2D eigenvalue weighted by Crippen LogP contribution is -2.01. The number of carbonyl (C=O) groups excluding carboxylic acids is 1. The van der Waals surface area contributed by atoms with E-state index in [4.69, 9.17) is 4.74 Å². The Bertz CT molecular complexity index is 653. The van der Waals surface area contributed by atoms with Crippen molar-refractivity contribution in [3.05, 3.63) is 58.3 Å². The van der Waals surface area contributed by atoms with Gasteiger partial charge in [0.1, 0.15) is 11.9 Å². The van der Waals surface area contributed by atoms with Gasteiger partial charge in [-0.1, -0.05) is 12.1 Å². The van der Waals surface area contributed by atoms with Crippen molar-refractivity contribution in [1.29, 1.82) is 0 Å². The third kappa shape index (κ3) is 4.27. The van der Waals surface area contributed by atoms with Crippen LogP contribution in [-0.4, -0.2) is 23.0 Å². The van der Waals surface area contributed by atoms with Gasteiger partial charge in [0.15, 0.2) is 0 Å². The highest BCUT2D eigenvalue weighted by Crippen LogP contribution is 2.21. The molecule has 2 aromatic rings. The zero-order chi connectivity index (χ0) is 15.9. The normalized spacial score (nSPS) is 10.0. The fourth-order valence-corrected chi connectivity index (χ4v) is 1.73. The molecular formula is C15H14N2O5.